The van der Waals surface area contributed by atoms with E-state index < -0.39 is 6.10 Å². The number of aliphatic hydroxyl groups is 2. The second kappa shape index (κ2) is 8.49. The number of aromatic nitrogens is 1. The molecule has 152 valence electrons. The minimum Gasteiger partial charge on any atom is -0.493 e. The van der Waals surface area contributed by atoms with Crippen LogP contribution in [0.3, 0.4) is 0 Å². The second-order valence-corrected chi connectivity index (χ2v) is 8.85. The molecule has 2 heterocycles. The number of ether oxygens (including phenoxy) is 2. The fourth-order valence-corrected chi connectivity index (χ4v) is 5.48. The molecule has 1 aliphatic carbocycles. The van der Waals surface area contributed by atoms with Gasteiger partial charge in [0, 0.05) is 17.7 Å². The molecule has 0 unspecified atom stereocenters. The van der Waals surface area contributed by atoms with Crippen molar-refractivity contribution in [1.29, 1.82) is 0 Å². The van der Waals surface area contributed by atoms with E-state index in [0.29, 0.717) is 24.6 Å². The number of thiazole rings is 1. The Bertz CT molecular complexity index is 808. The third-order valence-corrected chi connectivity index (χ3v) is 7.23. The van der Waals surface area contributed by atoms with Crippen molar-refractivity contribution in [2.24, 2.45) is 11.8 Å². The van der Waals surface area contributed by atoms with Crippen molar-refractivity contribution in [3.63, 3.8) is 0 Å². The predicted octanol–water partition coefficient (Wildman–Crippen LogP) is 3.80. The van der Waals surface area contributed by atoms with Gasteiger partial charge in [-0.3, -0.25) is 0 Å². The summed E-state index contributed by atoms with van der Waals surface area (Å²) in [5, 5.41) is 22.7. The van der Waals surface area contributed by atoms with Crippen LogP contribution in [0.2, 0.25) is 0 Å². The third kappa shape index (κ3) is 3.96. The lowest BCUT2D eigenvalue weighted by molar-refractivity contribution is -0.0812. The molecule has 0 spiro atoms. The van der Waals surface area contributed by atoms with Gasteiger partial charge in [0.15, 0.2) is 0 Å². The summed E-state index contributed by atoms with van der Waals surface area (Å²) >= 11 is 1.55. The fourth-order valence-electron chi connectivity index (χ4n) is 4.60. The van der Waals surface area contributed by atoms with Gasteiger partial charge < -0.3 is 19.7 Å². The van der Waals surface area contributed by atoms with Crippen LogP contribution in [0.15, 0.2) is 23.6 Å². The minimum absolute atomic E-state index is 0.0253. The Morgan fingerprint density at radius 3 is 2.93 bits per heavy atom. The molecule has 1 aromatic carbocycles. The quantitative estimate of drug-likeness (QED) is 0.768. The van der Waals surface area contributed by atoms with Crippen molar-refractivity contribution in [2.75, 3.05) is 6.61 Å². The number of rotatable bonds is 6. The van der Waals surface area contributed by atoms with Crippen molar-refractivity contribution >= 4 is 11.3 Å². The van der Waals surface area contributed by atoms with Gasteiger partial charge >= 0.3 is 0 Å². The van der Waals surface area contributed by atoms with Crippen molar-refractivity contribution in [3.05, 3.63) is 45.4 Å². The molecule has 2 fully saturated rings. The summed E-state index contributed by atoms with van der Waals surface area (Å²) in [5.74, 6) is 1.30. The average molecular weight is 404 g/mol. The van der Waals surface area contributed by atoms with E-state index in [1.54, 1.807) is 11.3 Å². The van der Waals surface area contributed by atoms with Gasteiger partial charge in [0.1, 0.15) is 16.9 Å². The number of benzene rings is 1. The Hall–Kier alpha value is -1.47. The topological polar surface area (TPSA) is 71.8 Å². The van der Waals surface area contributed by atoms with Crippen LogP contribution in [-0.2, 0) is 17.8 Å². The van der Waals surface area contributed by atoms with Crippen molar-refractivity contribution in [1.82, 2.24) is 4.98 Å². The largest absolute Gasteiger partial charge is 0.493 e. The molecule has 2 aliphatic rings. The van der Waals surface area contributed by atoms with Gasteiger partial charge in [0.25, 0.3) is 0 Å². The number of aryl methyl sites for hydroxylation is 2. The summed E-state index contributed by atoms with van der Waals surface area (Å²) in [6.45, 7) is 4.76. The molecular weight excluding hydrogens is 374 g/mol. The molecule has 1 saturated heterocycles. The zero-order chi connectivity index (χ0) is 19.7. The Labute approximate surface area is 170 Å². The maximum Gasteiger partial charge on any atom is 0.122 e. The molecule has 5 nitrogen and oxygen atoms in total. The molecule has 1 aliphatic heterocycles. The molecule has 2 aromatic rings. The summed E-state index contributed by atoms with van der Waals surface area (Å²) in [4.78, 5) is 4.46. The number of hydrogen-bond donors (Lipinski definition) is 2. The maximum absolute atomic E-state index is 10.6. The Morgan fingerprint density at radius 2 is 2.18 bits per heavy atom. The molecule has 2 N–H and O–H groups in total. The fraction of sp³-hybridized carbons (Fsp3) is 0.591. The van der Waals surface area contributed by atoms with Gasteiger partial charge in [0.05, 0.1) is 31.1 Å². The number of aliphatic hydroxyl groups excluding tert-OH is 2. The number of fused-ring (bicyclic) bond motifs is 1. The standard InChI is InChI=1S/C22H29NO4S/c1-3-14-8-16(5-4-13(14)2)26-11-18-17-6-7-20(27-21(17)9-19(18)25)22-23-15(10-24)12-28-22/h4-5,8,12,17-21,24-25H,3,6-7,9-11H2,1-2H3/t17-,18-,19-,20-,21+/m1/s1. The highest BCUT2D eigenvalue weighted by Crippen LogP contribution is 2.46. The van der Waals surface area contributed by atoms with E-state index in [2.05, 4.69) is 31.0 Å². The van der Waals surface area contributed by atoms with E-state index in [4.69, 9.17) is 9.47 Å². The minimum atomic E-state index is -0.394. The Kier molecular flexibility index (Phi) is 6.01. The highest BCUT2D eigenvalue weighted by molar-refractivity contribution is 7.09. The lowest BCUT2D eigenvalue weighted by Crippen LogP contribution is -2.33. The first kappa shape index (κ1) is 19.8. The lowest BCUT2D eigenvalue weighted by Gasteiger charge is -2.33. The van der Waals surface area contributed by atoms with Crippen LogP contribution < -0.4 is 4.74 Å². The van der Waals surface area contributed by atoms with Crippen molar-refractivity contribution in [3.8, 4) is 5.75 Å². The monoisotopic (exact) mass is 403 g/mol. The van der Waals surface area contributed by atoms with E-state index in [1.165, 1.54) is 11.1 Å². The normalized spacial score (nSPS) is 29.6. The van der Waals surface area contributed by atoms with Gasteiger partial charge in [-0.15, -0.1) is 11.3 Å². The highest BCUT2D eigenvalue weighted by Gasteiger charge is 2.47. The highest BCUT2D eigenvalue weighted by atomic mass is 32.1. The first-order chi connectivity index (χ1) is 13.6. The Morgan fingerprint density at radius 1 is 1.32 bits per heavy atom. The predicted molar refractivity (Wildman–Crippen MR) is 109 cm³/mol. The van der Waals surface area contributed by atoms with E-state index in [9.17, 15) is 10.2 Å². The molecule has 1 aromatic heterocycles. The molecule has 4 rings (SSSR count). The lowest BCUT2D eigenvalue weighted by atomic mass is 9.87. The van der Waals surface area contributed by atoms with Crippen LogP contribution in [0.4, 0.5) is 0 Å². The summed E-state index contributed by atoms with van der Waals surface area (Å²) in [7, 11) is 0. The van der Waals surface area contributed by atoms with Crippen molar-refractivity contribution in [2.45, 2.75) is 64.4 Å². The van der Waals surface area contributed by atoms with E-state index in [-0.39, 0.29) is 24.7 Å². The molecular formula is C22H29NO4S. The SMILES string of the molecule is CCc1cc(OC[C@@H]2[C@H]3CC[C@H](c4nc(CO)cs4)O[C@H]3C[C@H]2O)ccc1C. The molecule has 0 amide bonds. The molecule has 0 bridgehead atoms. The van der Waals surface area contributed by atoms with E-state index in [0.717, 1.165) is 30.0 Å². The molecule has 5 atom stereocenters. The first-order valence-corrected chi connectivity index (χ1v) is 11.1. The van der Waals surface area contributed by atoms with Gasteiger partial charge in [-0.1, -0.05) is 13.0 Å². The van der Waals surface area contributed by atoms with Gasteiger partial charge in [-0.05, 0) is 55.4 Å². The van der Waals surface area contributed by atoms with Crippen LogP contribution in [-0.4, -0.2) is 34.0 Å². The molecule has 6 heteroatoms. The van der Waals surface area contributed by atoms with Gasteiger partial charge in [0.2, 0.25) is 0 Å². The van der Waals surface area contributed by atoms with Crippen LogP contribution in [0.25, 0.3) is 0 Å². The summed E-state index contributed by atoms with van der Waals surface area (Å²) in [6, 6.07) is 6.23. The second-order valence-electron chi connectivity index (χ2n) is 7.96. The van der Waals surface area contributed by atoms with Gasteiger partial charge in [-0.25, -0.2) is 4.98 Å². The Balaban J connectivity index is 1.38. The molecule has 0 radical (unpaired) electrons. The molecule has 28 heavy (non-hydrogen) atoms. The smallest absolute Gasteiger partial charge is 0.122 e. The zero-order valence-electron chi connectivity index (χ0n) is 16.5. The van der Waals surface area contributed by atoms with E-state index >= 15 is 0 Å². The van der Waals surface area contributed by atoms with Crippen molar-refractivity contribution < 1.29 is 19.7 Å². The zero-order valence-corrected chi connectivity index (χ0v) is 17.3. The summed E-state index contributed by atoms with van der Waals surface area (Å²) in [6.07, 6.45) is 3.17. The van der Waals surface area contributed by atoms with E-state index in [1.807, 2.05) is 11.4 Å². The van der Waals surface area contributed by atoms with Crippen LogP contribution >= 0.6 is 11.3 Å². The number of nitrogens with zero attached hydrogens (tertiary/aromatic N) is 1. The maximum atomic E-state index is 10.6. The average Bonchev–Trinajstić information content (AvgIpc) is 3.30. The van der Waals surface area contributed by atoms with Crippen LogP contribution in [0, 0.1) is 18.8 Å². The third-order valence-electron chi connectivity index (χ3n) is 6.25. The molecule has 1 saturated carbocycles. The summed E-state index contributed by atoms with van der Waals surface area (Å²) < 4.78 is 12.4. The summed E-state index contributed by atoms with van der Waals surface area (Å²) in [5.41, 5.74) is 3.29. The van der Waals surface area contributed by atoms with Gasteiger partial charge in [-0.2, -0.15) is 0 Å². The number of hydrogen-bond acceptors (Lipinski definition) is 6. The van der Waals surface area contributed by atoms with Crippen LogP contribution in [0.5, 0.6) is 5.75 Å². The van der Waals surface area contributed by atoms with Crippen LogP contribution in [0.1, 0.15) is 54.1 Å². The first-order valence-electron chi connectivity index (χ1n) is 10.2.